The van der Waals surface area contributed by atoms with Gasteiger partial charge in [-0.15, -0.1) is 0 Å². The van der Waals surface area contributed by atoms with Crippen LogP contribution in [0.15, 0.2) is 53.0 Å². The molecule has 0 aromatic heterocycles. The fourth-order valence-corrected chi connectivity index (χ4v) is 3.37. The molecule has 2 aromatic rings. The van der Waals surface area contributed by atoms with Gasteiger partial charge < -0.3 is 10.6 Å². The Bertz CT molecular complexity index is 974. The number of hydrogen-bond donors (Lipinski definition) is 2. The van der Waals surface area contributed by atoms with E-state index in [2.05, 4.69) is 26.6 Å². The van der Waals surface area contributed by atoms with E-state index in [1.54, 1.807) is 49.4 Å². The molecule has 0 aliphatic carbocycles. The molecule has 1 heterocycles. The molecule has 1 unspecified atom stereocenters. The minimum atomic E-state index is -1.25. The number of nitrogens with one attached hydrogen (secondary N) is 2. The van der Waals surface area contributed by atoms with Crippen molar-refractivity contribution >= 4 is 45.2 Å². The van der Waals surface area contributed by atoms with Crippen molar-refractivity contribution in [2.24, 2.45) is 0 Å². The molecule has 8 heteroatoms. The van der Waals surface area contributed by atoms with Gasteiger partial charge in [0, 0.05) is 15.7 Å². The van der Waals surface area contributed by atoms with Crippen molar-refractivity contribution in [3.63, 3.8) is 0 Å². The van der Waals surface area contributed by atoms with Crippen molar-refractivity contribution < 1.29 is 19.2 Å². The lowest BCUT2D eigenvalue weighted by atomic mass is 9.92. The van der Waals surface area contributed by atoms with E-state index in [4.69, 9.17) is 0 Å². The normalized spacial score (nSPS) is 18.8. The van der Waals surface area contributed by atoms with Crippen molar-refractivity contribution in [2.75, 3.05) is 11.9 Å². The second-order valence-corrected chi connectivity index (χ2v) is 7.55. The van der Waals surface area contributed by atoms with Crippen LogP contribution in [0.5, 0.6) is 0 Å². The van der Waals surface area contributed by atoms with Crippen LogP contribution in [-0.2, 0) is 15.1 Å². The number of urea groups is 1. The first-order valence-corrected chi connectivity index (χ1v) is 9.31. The number of benzene rings is 2. The molecule has 2 N–H and O–H groups in total. The van der Waals surface area contributed by atoms with Gasteiger partial charge in [0.2, 0.25) is 5.91 Å². The number of amides is 4. The lowest BCUT2D eigenvalue weighted by Crippen LogP contribution is -2.42. The molecule has 0 spiro atoms. The van der Waals surface area contributed by atoms with Crippen LogP contribution in [0.3, 0.4) is 0 Å². The van der Waals surface area contributed by atoms with Gasteiger partial charge in [-0.1, -0.05) is 28.1 Å². The van der Waals surface area contributed by atoms with Crippen LogP contribution in [0.4, 0.5) is 10.5 Å². The highest BCUT2D eigenvalue weighted by molar-refractivity contribution is 9.10. The largest absolute Gasteiger partial charge is 0.325 e. The molecular weight excluding hydrogens is 426 g/mol. The van der Waals surface area contributed by atoms with Crippen molar-refractivity contribution in [1.82, 2.24) is 10.2 Å². The Morgan fingerprint density at radius 2 is 1.82 bits per heavy atom. The molecule has 2 aromatic carbocycles. The van der Waals surface area contributed by atoms with Crippen LogP contribution >= 0.6 is 15.9 Å². The smallest absolute Gasteiger partial charge is 0.325 e. The highest BCUT2D eigenvalue weighted by atomic mass is 79.9. The molecule has 1 atom stereocenters. The number of anilines is 1. The molecular formula is C20H18BrN3O4. The predicted molar refractivity (Wildman–Crippen MR) is 107 cm³/mol. The number of carbonyl (C=O) groups is 4. The topological polar surface area (TPSA) is 95.6 Å². The Hall–Kier alpha value is -3.00. The molecule has 0 bridgehead atoms. The molecule has 7 nitrogen and oxygen atoms in total. The second kappa shape index (κ2) is 7.55. The number of carbonyl (C=O) groups excluding carboxylic acids is 4. The third-order valence-corrected chi connectivity index (χ3v) is 5.05. The van der Waals surface area contributed by atoms with Crippen LogP contribution < -0.4 is 10.6 Å². The number of rotatable bonds is 5. The van der Waals surface area contributed by atoms with Crippen LogP contribution in [0.25, 0.3) is 0 Å². The van der Waals surface area contributed by atoms with Gasteiger partial charge in [-0.3, -0.25) is 19.3 Å². The Morgan fingerprint density at radius 1 is 1.14 bits per heavy atom. The fourth-order valence-electron chi connectivity index (χ4n) is 2.97. The summed E-state index contributed by atoms with van der Waals surface area (Å²) in [6, 6.07) is 12.8. The monoisotopic (exact) mass is 443 g/mol. The van der Waals surface area contributed by atoms with E-state index in [9.17, 15) is 19.2 Å². The first-order chi connectivity index (χ1) is 13.2. The standard InChI is InChI=1S/C20H18BrN3O4/c1-12(25)13-6-8-16(9-7-13)22-17(26)11-24-18(27)20(2,23-19(24)28)14-4-3-5-15(21)10-14/h3-10H,11H2,1-2H3,(H,22,26)(H,23,28). The van der Waals surface area contributed by atoms with E-state index in [0.29, 0.717) is 16.8 Å². The summed E-state index contributed by atoms with van der Waals surface area (Å²) in [6.45, 7) is 2.64. The summed E-state index contributed by atoms with van der Waals surface area (Å²) in [5.41, 5.74) is 0.362. The summed E-state index contributed by atoms with van der Waals surface area (Å²) in [5, 5.41) is 5.28. The van der Waals surface area contributed by atoms with Crippen molar-refractivity contribution in [3.05, 3.63) is 64.1 Å². The van der Waals surface area contributed by atoms with E-state index in [1.807, 2.05) is 6.07 Å². The Labute approximate surface area is 170 Å². The van der Waals surface area contributed by atoms with Crippen LogP contribution in [-0.4, -0.2) is 35.1 Å². The zero-order chi connectivity index (χ0) is 20.5. The van der Waals surface area contributed by atoms with Gasteiger partial charge in [-0.05, 0) is 55.8 Å². The zero-order valence-corrected chi connectivity index (χ0v) is 16.9. The molecule has 4 amide bonds. The lowest BCUT2D eigenvalue weighted by molar-refractivity contribution is -0.133. The van der Waals surface area contributed by atoms with Gasteiger partial charge in [-0.2, -0.15) is 0 Å². The average Bonchev–Trinajstić information content (AvgIpc) is 2.86. The molecule has 144 valence electrons. The fraction of sp³-hybridized carbons (Fsp3) is 0.200. The van der Waals surface area contributed by atoms with Gasteiger partial charge in [-0.25, -0.2) is 4.79 Å². The number of imide groups is 1. The number of hydrogen-bond acceptors (Lipinski definition) is 4. The molecule has 0 saturated carbocycles. The molecule has 28 heavy (non-hydrogen) atoms. The van der Waals surface area contributed by atoms with Crippen LogP contribution in [0.1, 0.15) is 29.8 Å². The SMILES string of the molecule is CC(=O)c1ccc(NC(=O)CN2C(=O)NC(C)(c3cccc(Br)c3)C2=O)cc1. The van der Waals surface area contributed by atoms with Crippen molar-refractivity contribution in [2.45, 2.75) is 19.4 Å². The first kappa shape index (κ1) is 19.8. The van der Waals surface area contributed by atoms with Gasteiger partial charge >= 0.3 is 6.03 Å². The lowest BCUT2D eigenvalue weighted by Gasteiger charge is -2.22. The summed E-state index contributed by atoms with van der Waals surface area (Å²) in [6.07, 6.45) is 0. The minimum Gasteiger partial charge on any atom is -0.325 e. The van der Waals surface area contributed by atoms with Crippen molar-refractivity contribution in [3.8, 4) is 0 Å². The Kier molecular flexibility index (Phi) is 5.33. The van der Waals surface area contributed by atoms with E-state index < -0.39 is 29.9 Å². The zero-order valence-electron chi connectivity index (χ0n) is 15.3. The maximum absolute atomic E-state index is 12.9. The third-order valence-electron chi connectivity index (χ3n) is 4.55. The molecule has 1 aliphatic heterocycles. The summed E-state index contributed by atoms with van der Waals surface area (Å²) in [4.78, 5) is 49.7. The maximum Gasteiger partial charge on any atom is 0.325 e. The van der Waals surface area contributed by atoms with E-state index >= 15 is 0 Å². The van der Waals surface area contributed by atoms with Crippen LogP contribution in [0, 0.1) is 0 Å². The molecule has 1 fully saturated rings. The second-order valence-electron chi connectivity index (χ2n) is 6.64. The van der Waals surface area contributed by atoms with Gasteiger partial charge in [0.05, 0.1) is 0 Å². The molecule has 1 saturated heterocycles. The van der Waals surface area contributed by atoms with Gasteiger partial charge in [0.1, 0.15) is 12.1 Å². The predicted octanol–water partition coefficient (Wildman–Crippen LogP) is 3.06. The summed E-state index contributed by atoms with van der Waals surface area (Å²) >= 11 is 3.35. The highest BCUT2D eigenvalue weighted by Gasteiger charge is 2.49. The molecule has 0 radical (unpaired) electrons. The van der Waals surface area contributed by atoms with E-state index in [0.717, 1.165) is 9.37 Å². The highest BCUT2D eigenvalue weighted by Crippen LogP contribution is 2.30. The molecule has 1 aliphatic rings. The third kappa shape index (κ3) is 3.82. The number of Topliss-reactive ketones (excluding diaryl/α,β-unsaturated/α-hetero) is 1. The summed E-state index contributed by atoms with van der Waals surface area (Å²) in [5.74, 6) is -1.10. The average molecular weight is 444 g/mol. The Morgan fingerprint density at radius 3 is 2.43 bits per heavy atom. The first-order valence-electron chi connectivity index (χ1n) is 8.52. The number of halogens is 1. The number of nitrogens with zero attached hydrogens (tertiary/aromatic N) is 1. The van der Waals surface area contributed by atoms with Crippen molar-refractivity contribution in [1.29, 1.82) is 0 Å². The number of ketones is 1. The van der Waals surface area contributed by atoms with Crippen LogP contribution in [0.2, 0.25) is 0 Å². The van der Waals surface area contributed by atoms with E-state index in [-0.39, 0.29) is 5.78 Å². The maximum atomic E-state index is 12.9. The summed E-state index contributed by atoms with van der Waals surface area (Å²) < 4.78 is 0.776. The van der Waals surface area contributed by atoms with Gasteiger partial charge in [0.15, 0.2) is 5.78 Å². The molecule has 3 rings (SSSR count). The Balaban J connectivity index is 1.72. The van der Waals surface area contributed by atoms with Gasteiger partial charge in [0.25, 0.3) is 5.91 Å². The summed E-state index contributed by atoms with van der Waals surface area (Å²) in [7, 11) is 0. The van der Waals surface area contributed by atoms with E-state index in [1.165, 1.54) is 6.92 Å². The minimum absolute atomic E-state index is 0.0796. The quantitative estimate of drug-likeness (QED) is 0.548.